The van der Waals surface area contributed by atoms with Crippen LogP contribution in [0, 0.1) is 0 Å². The molecular formula is C22H22Cl2N2O2. The van der Waals surface area contributed by atoms with E-state index in [1.165, 1.54) is 0 Å². The van der Waals surface area contributed by atoms with Crippen molar-refractivity contribution in [1.29, 1.82) is 0 Å². The Morgan fingerprint density at radius 3 is 2.46 bits per heavy atom. The fraction of sp³-hybridized carbons (Fsp3) is 0.227. The number of nitrogens with zero attached hydrogens (tertiary/aromatic N) is 1. The number of hydrogen-bond donors (Lipinski definition) is 1. The molecule has 0 saturated carbocycles. The Hall–Kier alpha value is -2.27. The average molecular weight is 417 g/mol. The number of ether oxygens (including phenoxy) is 2. The van der Waals surface area contributed by atoms with Crippen molar-refractivity contribution in [3.05, 3.63) is 87.7 Å². The summed E-state index contributed by atoms with van der Waals surface area (Å²) >= 11 is 12.0. The van der Waals surface area contributed by atoms with Crippen molar-refractivity contribution < 1.29 is 9.47 Å². The van der Waals surface area contributed by atoms with Crippen molar-refractivity contribution >= 4 is 23.2 Å². The molecule has 146 valence electrons. The normalized spacial score (nSPS) is 10.7. The first-order valence-corrected chi connectivity index (χ1v) is 9.84. The minimum absolute atomic E-state index is 0.397. The number of halogens is 2. The molecule has 3 aromatic rings. The number of benzene rings is 2. The molecule has 1 heterocycles. The lowest BCUT2D eigenvalue weighted by Gasteiger charge is -2.14. The van der Waals surface area contributed by atoms with Gasteiger partial charge in [-0.3, -0.25) is 0 Å². The van der Waals surface area contributed by atoms with Crippen LogP contribution in [-0.2, 0) is 19.7 Å². The van der Waals surface area contributed by atoms with Crippen LogP contribution in [0.5, 0.6) is 11.5 Å². The highest BCUT2D eigenvalue weighted by molar-refractivity contribution is 6.31. The monoisotopic (exact) mass is 416 g/mol. The molecule has 1 N–H and O–H groups in total. The third kappa shape index (κ3) is 5.86. The molecule has 0 radical (unpaired) electrons. The molecular weight excluding hydrogens is 395 g/mol. The Labute approximate surface area is 175 Å². The van der Waals surface area contributed by atoms with Crippen LogP contribution in [0.25, 0.3) is 0 Å². The van der Waals surface area contributed by atoms with Crippen molar-refractivity contribution in [2.75, 3.05) is 6.61 Å². The lowest BCUT2D eigenvalue weighted by molar-refractivity contribution is 0.269. The zero-order chi connectivity index (χ0) is 19.8. The topological polar surface area (TPSA) is 43.4 Å². The van der Waals surface area contributed by atoms with Gasteiger partial charge in [0.2, 0.25) is 0 Å². The molecule has 2 aromatic carbocycles. The lowest BCUT2D eigenvalue weighted by Crippen LogP contribution is -2.13. The Morgan fingerprint density at radius 1 is 0.893 bits per heavy atom. The van der Waals surface area contributed by atoms with Crippen molar-refractivity contribution in [3.63, 3.8) is 0 Å². The van der Waals surface area contributed by atoms with Gasteiger partial charge < -0.3 is 14.8 Å². The van der Waals surface area contributed by atoms with Gasteiger partial charge in [-0.25, -0.2) is 4.98 Å². The van der Waals surface area contributed by atoms with Crippen LogP contribution in [0.4, 0.5) is 0 Å². The van der Waals surface area contributed by atoms with Crippen LogP contribution >= 0.6 is 23.2 Å². The summed E-state index contributed by atoms with van der Waals surface area (Å²) in [6.07, 6.45) is 1.70. The fourth-order valence-corrected chi connectivity index (χ4v) is 3.00. The fourth-order valence-electron chi connectivity index (χ4n) is 2.69. The van der Waals surface area contributed by atoms with Crippen molar-refractivity contribution in [1.82, 2.24) is 10.3 Å². The molecule has 0 atom stereocenters. The summed E-state index contributed by atoms with van der Waals surface area (Å²) in [5.74, 6) is 1.42. The van der Waals surface area contributed by atoms with Crippen LogP contribution in [0.1, 0.15) is 23.6 Å². The minimum atomic E-state index is 0.397. The Bertz CT molecular complexity index is 901. The van der Waals surface area contributed by atoms with E-state index in [-0.39, 0.29) is 0 Å². The number of aromatic nitrogens is 1. The van der Waals surface area contributed by atoms with Gasteiger partial charge in [-0.05, 0) is 42.3 Å². The Morgan fingerprint density at radius 2 is 1.71 bits per heavy atom. The van der Waals surface area contributed by atoms with Crippen molar-refractivity contribution in [2.45, 2.75) is 26.6 Å². The molecule has 0 fully saturated rings. The summed E-state index contributed by atoms with van der Waals surface area (Å²) < 4.78 is 11.7. The molecule has 1 aromatic heterocycles. The molecule has 0 aliphatic heterocycles. The zero-order valence-corrected chi connectivity index (χ0v) is 17.1. The van der Waals surface area contributed by atoms with E-state index < -0.39 is 0 Å². The summed E-state index contributed by atoms with van der Waals surface area (Å²) in [5.41, 5.74) is 3.12. The second-order valence-electron chi connectivity index (χ2n) is 6.19. The third-order valence-corrected chi connectivity index (χ3v) is 4.69. The second kappa shape index (κ2) is 10.3. The minimum Gasteiger partial charge on any atom is -0.490 e. The standard InChI is InChI=1S/C22H22Cl2N2O2/c1-2-27-21-11-16(12-25-14-18-5-3-4-6-19(18)23)7-9-20(21)28-15-17-8-10-22(24)26-13-17/h3-11,13,25H,2,12,14-15H2,1H3. The average Bonchev–Trinajstić information content (AvgIpc) is 2.70. The highest BCUT2D eigenvalue weighted by Crippen LogP contribution is 2.29. The van der Waals surface area contributed by atoms with Gasteiger partial charge in [-0.2, -0.15) is 0 Å². The van der Waals surface area contributed by atoms with Gasteiger partial charge in [0.15, 0.2) is 11.5 Å². The largest absolute Gasteiger partial charge is 0.490 e. The van der Waals surface area contributed by atoms with E-state index in [0.29, 0.717) is 37.2 Å². The highest BCUT2D eigenvalue weighted by Gasteiger charge is 2.08. The second-order valence-corrected chi connectivity index (χ2v) is 6.98. The third-order valence-electron chi connectivity index (χ3n) is 4.09. The van der Waals surface area contributed by atoms with E-state index in [1.807, 2.05) is 55.5 Å². The first-order valence-electron chi connectivity index (χ1n) is 9.08. The van der Waals surface area contributed by atoms with Crippen LogP contribution in [-0.4, -0.2) is 11.6 Å². The molecule has 3 rings (SSSR count). The Balaban J connectivity index is 1.61. The van der Waals surface area contributed by atoms with Gasteiger partial charge in [0.25, 0.3) is 0 Å². The van der Waals surface area contributed by atoms with Gasteiger partial charge in [-0.15, -0.1) is 0 Å². The quantitative estimate of drug-likeness (QED) is 0.457. The molecule has 0 aliphatic rings. The molecule has 0 aliphatic carbocycles. The zero-order valence-electron chi connectivity index (χ0n) is 15.6. The molecule has 0 spiro atoms. The molecule has 0 unspecified atom stereocenters. The van der Waals surface area contributed by atoms with Gasteiger partial charge in [0, 0.05) is 29.9 Å². The molecule has 0 bridgehead atoms. The SMILES string of the molecule is CCOc1cc(CNCc2ccccc2Cl)ccc1OCc1ccc(Cl)nc1. The van der Waals surface area contributed by atoms with E-state index >= 15 is 0 Å². The van der Waals surface area contributed by atoms with E-state index in [9.17, 15) is 0 Å². The summed E-state index contributed by atoms with van der Waals surface area (Å²) in [5, 5.41) is 4.64. The van der Waals surface area contributed by atoms with E-state index in [0.717, 1.165) is 27.5 Å². The molecule has 4 nitrogen and oxygen atoms in total. The van der Waals surface area contributed by atoms with Gasteiger partial charge >= 0.3 is 0 Å². The maximum atomic E-state index is 6.20. The van der Waals surface area contributed by atoms with Crippen molar-refractivity contribution in [3.8, 4) is 11.5 Å². The maximum absolute atomic E-state index is 6.20. The summed E-state index contributed by atoms with van der Waals surface area (Å²) in [6.45, 7) is 4.32. The first-order chi connectivity index (χ1) is 13.7. The Kier molecular flexibility index (Phi) is 7.54. The number of rotatable bonds is 9. The van der Waals surface area contributed by atoms with E-state index in [4.69, 9.17) is 32.7 Å². The number of nitrogens with one attached hydrogen (secondary N) is 1. The van der Waals surface area contributed by atoms with Crippen LogP contribution in [0.15, 0.2) is 60.8 Å². The predicted octanol–water partition coefficient (Wildman–Crippen LogP) is 5.66. The van der Waals surface area contributed by atoms with Crippen LogP contribution in [0.3, 0.4) is 0 Å². The summed E-state index contributed by atoms with van der Waals surface area (Å²) in [6, 6.07) is 17.4. The molecule has 6 heteroatoms. The summed E-state index contributed by atoms with van der Waals surface area (Å²) in [7, 11) is 0. The molecule has 28 heavy (non-hydrogen) atoms. The predicted molar refractivity (Wildman–Crippen MR) is 113 cm³/mol. The lowest BCUT2D eigenvalue weighted by atomic mass is 10.2. The van der Waals surface area contributed by atoms with Crippen LogP contribution in [0.2, 0.25) is 10.2 Å². The number of hydrogen-bond acceptors (Lipinski definition) is 4. The first kappa shape index (κ1) is 20.5. The maximum Gasteiger partial charge on any atom is 0.161 e. The van der Waals surface area contributed by atoms with Crippen molar-refractivity contribution in [2.24, 2.45) is 0 Å². The van der Waals surface area contributed by atoms with Gasteiger partial charge in [-0.1, -0.05) is 53.5 Å². The summed E-state index contributed by atoms with van der Waals surface area (Å²) in [4.78, 5) is 4.07. The van der Waals surface area contributed by atoms with E-state index in [1.54, 1.807) is 12.3 Å². The smallest absolute Gasteiger partial charge is 0.161 e. The number of pyridine rings is 1. The van der Waals surface area contributed by atoms with Gasteiger partial charge in [0.05, 0.1) is 6.61 Å². The molecule has 0 amide bonds. The van der Waals surface area contributed by atoms with Crippen LogP contribution < -0.4 is 14.8 Å². The molecule has 0 saturated heterocycles. The van der Waals surface area contributed by atoms with E-state index in [2.05, 4.69) is 10.3 Å². The van der Waals surface area contributed by atoms with Gasteiger partial charge in [0.1, 0.15) is 11.8 Å². The highest BCUT2D eigenvalue weighted by atomic mass is 35.5.